The van der Waals surface area contributed by atoms with Gasteiger partial charge in [0.2, 0.25) is 5.91 Å². The fourth-order valence-corrected chi connectivity index (χ4v) is 5.01. The van der Waals surface area contributed by atoms with Crippen LogP contribution in [0.4, 0.5) is 5.69 Å². The molecule has 0 aromatic heterocycles. The first kappa shape index (κ1) is 21.4. The molecular formula is C23H36N4O3. The van der Waals surface area contributed by atoms with Gasteiger partial charge in [0.1, 0.15) is 5.75 Å². The van der Waals surface area contributed by atoms with E-state index in [1.165, 1.54) is 5.69 Å². The van der Waals surface area contributed by atoms with Gasteiger partial charge in [-0.3, -0.25) is 9.69 Å². The van der Waals surface area contributed by atoms with Crippen LogP contribution in [0.2, 0.25) is 0 Å². The number of amides is 1. The third kappa shape index (κ3) is 5.07. The van der Waals surface area contributed by atoms with Gasteiger partial charge in [0.05, 0.1) is 26.2 Å². The maximum absolute atomic E-state index is 12.0. The van der Waals surface area contributed by atoms with E-state index < -0.39 is 0 Å². The van der Waals surface area contributed by atoms with Crippen molar-refractivity contribution >= 4 is 11.6 Å². The summed E-state index contributed by atoms with van der Waals surface area (Å²) in [5.41, 5.74) is 1.25. The zero-order valence-electron chi connectivity index (χ0n) is 18.5. The van der Waals surface area contributed by atoms with Crippen LogP contribution in [0.3, 0.4) is 0 Å². The predicted octanol–water partition coefficient (Wildman–Crippen LogP) is 1.57. The van der Waals surface area contributed by atoms with Gasteiger partial charge in [0, 0.05) is 70.2 Å². The van der Waals surface area contributed by atoms with Crippen molar-refractivity contribution in [1.82, 2.24) is 15.1 Å². The number of nitrogens with one attached hydrogen (secondary N) is 1. The number of carbonyl (C=O) groups excluding carboxylic acids is 1. The van der Waals surface area contributed by atoms with Gasteiger partial charge in [-0.15, -0.1) is 0 Å². The van der Waals surface area contributed by atoms with Gasteiger partial charge < -0.3 is 24.6 Å². The fourth-order valence-electron chi connectivity index (χ4n) is 5.01. The summed E-state index contributed by atoms with van der Waals surface area (Å²) in [6.07, 6.45) is 3.98. The Morgan fingerprint density at radius 2 is 2.03 bits per heavy atom. The topological polar surface area (TPSA) is 57.3 Å². The normalized spacial score (nSPS) is 27.7. The summed E-state index contributed by atoms with van der Waals surface area (Å²) >= 11 is 0. The average Bonchev–Trinajstić information content (AvgIpc) is 3.15. The first-order chi connectivity index (χ1) is 14.5. The molecule has 30 heavy (non-hydrogen) atoms. The molecular weight excluding hydrogens is 380 g/mol. The Balaban J connectivity index is 1.22. The van der Waals surface area contributed by atoms with Crippen LogP contribution in [0.15, 0.2) is 24.3 Å². The molecule has 0 aliphatic carbocycles. The van der Waals surface area contributed by atoms with Crippen LogP contribution in [0, 0.1) is 0 Å². The van der Waals surface area contributed by atoms with Gasteiger partial charge in [0.15, 0.2) is 0 Å². The van der Waals surface area contributed by atoms with E-state index in [1.54, 1.807) is 12.0 Å². The molecule has 7 nitrogen and oxygen atoms in total. The predicted molar refractivity (Wildman–Crippen MR) is 118 cm³/mol. The minimum absolute atomic E-state index is 0.0287. The second kappa shape index (κ2) is 9.54. The Hall–Kier alpha value is -1.83. The minimum atomic E-state index is 0.0287. The van der Waals surface area contributed by atoms with E-state index >= 15 is 0 Å². The Kier molecular flexibility index (Phi) is 6.80. The van der Waals surface area contributed by atoms with E-state index in [0.717, 1.165) is 57.8 Å². The number of methoxy groups -OCH3 is 1. The Labute approximate surface area is 180 Å². The van der Waals surface area contributed by atoms with Crippen LogP contribution in [-0.2, 0) is 9.53 Å². The Morgan fingerprint density at radius 3 is 2.77 bits per heavy atom. The number of carbonyl (C=O) groups is 1. The average molecular weight is 417 g/mol. The van der Waals surface area contributed by atoms with Gasteiger partial charge in [-0.05, 0) is 31.4 Å². The summed E-state index contributed by atoms with van der Waals surface area (Å²) in [5.74, 6) is 1.07. The molecule has 0 saturated carbocycles. The molecule has 3 atom stereocenters. The molecule has 1 aromatic rings. The second-order valence-corrected chi connectivity index (χ2v) is 9.12. The van der Waals surface area contributed by atoms with E-state index in [-0.39, 0.29) is 12.0 Å². The highest BCUT2D eigenvalue weighted by atomic mass is 16.5. The van der Waals surface area contributed by atoms with Gasteiger partial charge in [-0.1, -0.05) is 6.07 Å². The largest absolute Gasteiger partial charge is 0.497 e. The molecule has 1 amide bonds. The molecule has 0 unspecified atom stereocenters. The van der Waals surface area contributed by atoms with Crippen LogP contribution in [-0.4, -0.2) is 93.9 Å². The second-order valence-electron chi connectivity index (χ2n) is 9.12. The number of rotatable bonds is 6. The maximum atomic E-state index is 12.0. The number of nitrogens with zero attached hydrogens (tertiary/aromatic N) is 3. The third-order valence-electron chi connectivity index (χ3n) is 6.78. The van der Waals surface area contributed by atoms with Gasteiger partial charge >= 0.3 is 0 Å². The number of piperidine rings is 1. The van der Waals surface area contributed by atoms with Crippen LogP contribution in [0.1, 0.15) is 25.7 Å². The van der Waals surface area contributed by atoms with Crippen molar-refractivity contribution < 1.29 is 14.3 Å². The molecule has 1 N–H and O–H groups in total. The molecule has 3 fully saturated rings. The van der Waals surface area contributed by atoms with Gasteiger partial charge in [0.25, 0.3) is 0 Å². The van der Waals surface area contributed by atoms with Crippen LogP contribution < -0.4 is 15.0 Å². The maximum Gasteiger partial charge on any atom is 0.224 e. The molecule has 3 aliphatic rings. The van der Waals surface area contributed by atoms with Gasteiger partial charge in [-0.2, -0.15) is 0 Å². The summed E-state index contributed by atoms with van der Waals surface area (Å²) < 4.78 is 11.4. The molecule has 166 valence electrons. The zero-order chi connectivity index (χ0) is 21.1. The van der Waals surface area contributed by atoms with Crippen molar-refractivity contribution in [1.29, 1.82) is 0 Å². The lowest BCUT2D eigenvalue weighted by molar-refractivity contribution is -0.134. The standard InChI is InChI=1S/C23H36N4O3/c1-25(2)23(28)13-22-15-27-14-18(11-20(27)16-30-22)24-17-7-9-26(10-8-17)19-5-4-6-21(12-19)29-3/h4-6,12,17-18,20,22,24H,7-11,13-16H2,1-3H3/t18-,20+,22+/m1/s1. The highest BCUT2D eigenvalue weighted by molar-refractivity contribution is 5.76. The molecule has 0 radical (unpaired) electrons. The van der Waals surface area contributed by atoms with E-state index in [9.17, 15) is 4.79 Å². The molecule has 3 saturated heterocycles. The van der Waals surface area contributed by atoms with Crippen molar-refractivity contribution in [2.75, 3.05) is 58.9 Å². The summed E-state index contributed by atoms with van der Waals surface area (Å²) in [6.45, 7) is 4.83. The molecule has 0 bridgehead atoms. The molecule has 3 aliphatic heterocycles. The monoisotopic (exact) mass is 416 g/mol. The summed E-state index contributed by atoms with van der Waals surface area (Å²) in [7, 11) is 5.34. The lowest BCUT2D eigenvalue weighted by atomic mass is 10.0. The van der Waals surface area contributed by atoms with Crippen molar-refractivity contribution in [3.05, 3.63) is 24.3 Å². The quantitative estimate of drug-likeness (QED) is 0.760. The minimum Gasteiger partial charge on any atom is -0.497 e. The number of fused-ring (bicyclic) bond motifs is 1. The fraction of sp³-hybridized carbons (Fsp3) is 0.696. The highest BCUT2D eigenvalue weighted by Gasteiger charge is 2.38. The Morgan fingerprint density at radius 1 is 1.23 bits per heavy atom. The van der Waals surface area contributed by atoms with Gasteiger partial charge in [-0.25, -0.2) is 0 Å². The van der Waals surface area contributed by atoms with E-state index in [0.29, 0.717) is 24.5 Å². The first-order valence-corrected chi connectivity index (χ1v) is 11.2. The lowest BCUT2D eigenvalue weighted by Crippen LogP contribution is -2.48. The van der Waals surface area contributed by atoms with Crippen molar-refractivity contribution in [3.63, 3.8) is 0 Å². The molecule has 0 spiro atoms. The van der Waals surface area contributed by atoms with E-state index in [2.05, 4.69) is 33.3 Å². The number of hydrogen-bond acceptors (Lipinski definition) is 6. The number of benzene rings is 1. The summed E-state index contributed by atoms with van der Waals surface area (Å²) in [6, 6.07) is 9.94. The SMILES string of the molecule is COc1cccc(N2CCC(N[C@@H]3C[C@H]4CO[C@@H](CC(=O)N(C)C)CN4C3)CC2)c1. The van der Waals surface area contributed by atoms with Crippen molar-refractivity contribution in [2.45, 2.75) is 49.9 Å². The summed E-state index contributed by atoms with van der Waals surface area (Å²) in [5, 5.41) is 3.92. The smallest absolute Gasteiger partial charge is 0.224 e. The first-order valence-electron chi connectivity index (χ1n) is 11.2. The lowest BCUT2D eigenvalue weighted by Gasteiger charge is -2.35. The van der Waals surface area contributed by atoms with Crippen molar-refractivity contribution in [2.24, 2.45) is 0 Å². The molecule has 1 aromatic carbocycles. The van der Waals surface area contributed by atoms with Crippen molar-refractivity contribution in [3.8, 4) is 5.75 Å². The van der Waals surface area contributed by atoms with E-state index in [4.69, 9.17) is 9.47 Å². The van der Waals surface area contributed by atoms with Crippen LogP contribution >= 0.6 is 0 Å². The number of anilines is 1. The van der Waals surface area contributed by atoms with E-state index in [1.807, 2.05) is 20.2 Å². The number of ether oxygens (including phenoxy) is 2. The molecule has 7 heteroatoms. The third-order valence-corrected chi connectivity index (χ3v) is 6.78. The molecule has 4 rings (SSSR count). The number of morpholine rings is 1. The van der Waals surface area contributed by atoms with Crippen LogP contribution in [0.5, 0.6) is 5.75 Å². The zero-order valence-corrected chi connectivity index (χ0v) is 18.5. The summed E-state index contributed by atoms with van der Waals surface area (Å²) in [4.78, 5) is 18.6. The molecule has 3 heterocycles. The highest BCUT2D eigenvalue weighted by Crippen LogP contribution is 2.27. The van der Waals surface area contributed by atoms with Crippen LogP contribution in [0.25, 0.3) is 0 Å². The number of hydrogen-bond donors (Lipinski definition) is 1. The Bertz CT molecular complexity index is 720.